The zero-order chi connectivity index (χ0) is 25.5. The zero-order valence-electron chi connectivity index (χ0n) is 19.3. The number of amides is 4. The number of hydrogen-bond acceptors (Lipinski definition) is 7. The Hall–Kier alpha value is -3.86. The number of rotatable bonds is 9. The van der Waals surface area contributed by atoms with Crippen LogP contribution < -0.4 is 20.1 Å². The van der Waals surface area contributed by atoms with Crippen LogP contribution in [0.3, 0.4) is 0 Å². The van der Waals surface area contributed by atoms with Gasteiger partial charge >= 0.3 is 12.0 Å². The van der Waals surface area contributed by atoms with Crippen molar-refractivity contribution in [2.24, 2.45) is 0 Å². The standard InChI is InChI=1S/C24H24BrN3O7/c1-4-34-19-11-15(9-17(25)22(19)35-13-21(30)33-3)10-18-23(31)28(24(32)27-18)12-20(29)26-16-7-5-14(2)6-8-16/h5-11H,4,12-13H2,1-3H3,(H,26,29)(H,27,32)/b18-10+. The van der Waals surface area contributed by atoms with Crippen molar-refractivity contribution in [1.82, 2.24) is 10.2 Å². The minimum absolute atomic E-state index is 0.00397. The van der Waals surface area contributed by atoms with E-state index in [1.807, 2.05) is 19.1 Å². The summed E-state index contributed by atoms with van der Waals surface area (Å²) in [5.74, 6) is -1.10. The molecule has 10 nitrogen and oxygen atoms in total. The Bertz CT molecular complexity index is 1180. The highest BCUT2D eigenvalue weighted by molar-refractivity contribution is 9.10. The van der Waals surface area contributed by atoms with Crippen molar-refractivity contribution in [3.63, 3.8) is 0 Å². The molecule has 1 saturated heterocycles. The molecule has 1 heterocycles. The van der Waals surface area contributed by atoms with Gasteiger partial charge in [-0.2, -0.15) is 0 Å². The molecule has 0 atom stereocenters. The van der Waals surface area contributed by atoms with Gasteiger partial charge in [0.2, 0.25) is 5.91 Å². The average molecular weight is 546 g/mol. The molecule has 0 spiro atoms. The molecule has 184 valence electrons. The highest BCUT2D eigenvalue weighted by Crippen LogP contribution is 2.37. The summed E-state index contributed by atoms with van der Waals surface area (Å²) in [6.07, 6.45) is 1.45. The molecule has 1 aliphatic heterocycles. The van der Waals surface area contributed by atoms with Crippen molar-refractivity contribution in [3.8, 4) is 11.5 Å². The topological polar surface area (TPSA) is 123 Å². The molecule has 0 aromatic heterocycles. The Morgan fingerprint density at radius 1 is 1.14 bits per heavy atom. The van der Waals surface area contributed by atoms with E-state index in [1.54, 1.807) is 31.2 Å². The quantitative estimate of drug-likeness (QED) is 0.281. The van der Waals surface area contributed by atoms with Crippen LogP contribution in [0.4, 0.5) is 10.5 Å². The fraction of sp³-hybridized carbons (Fsp3) is 0.250. The van der Waals surface area contributed by atoms with Crippen molar-refractivity contribution < 1.29 is 33.4 Å². The SMILES string of the molecule is CCOc1cc(/C=C2/NC(=O)N(CC(=O)Nc3ccc(C)cc3)C2=O)cc(Br)c1OCC(=O)OC. The van der Waals surface area contributed by atoms with E-state index in [-0.39, 0.29) is 18.1 Å². The van der Waals surface area contributed by atoms with Crippen LogP contribution in [-0.4, -0.2) is 55.6 Å². The molecular weight excluding hydrogens is 522 g/mol. The molecule has 1 aliphatic rings. The van der Waals surface area contributed by atoms with Crippen molar-refractivity contribution >= 4 is 51.5 Å². The maximum Gasteiger partial charge on any atom is 0.343 e. The number of methoxy groups -OCH3 is 1. The van der Waals surface area contributed by atoms with Crippen LogP contribution in [0.5, 0.6) is 11.5 Å². The number of carbonyl (C=O) groups excluding carboxylic acids is 4. The number of anilines is 1. The van der Waals surface area contributed by atoms with Crippen LogP contribution in [0.2, 0.25) is 0 Å². The molecule has 2 aromatic carbocycles. The maximum atomic E-state index is 12.8. The minimum atomic E-state index is -0.706. The van der Waals surface area contributed by atoms with Crippen molar-refractivity contribution in [3.05, 3.63) is 57.7 Å². The molecule has 2 aromatic rings. The molecule has 35 heavy (non-hydrogen) atoms. The van der Waals surface area contributed by atoms with Crippen LogP contribution in [-0.2, 0) is 19.1 Å². The Labute approximate surface area is 210 Å². The van der Waals surface area contributed by atoms with Crippen LogP contribution in [0.25, 0.3) is 6.08 Å². The largest absolute Gasteiger partial charge is 0.490 e. The number of halogens is 1. The third kappa shape index (κ3) is 6.60. The molecule has 0 bridgehead atoms. The first kappa shape index (κ1) is 25.8. The summed E-state index contributed by atoms with van der Waals surface area (Å²) in [5, 5.41) is 5.14. The number of benzene rings is 2. The second-order valence-corrected chi connectivity index (χ2v) is 8.28. The summed E-state index contributed by atoms with van der Waals surface area (Å²) in [4.78, 5) is 49.8. The van der Waals surface area contributed by atoms with E-state index < -0.39 is 30.4 Å². The Balaban J connectivity index is 1.75. The lowest BCUT2D eigenvalue weighted by Gasteiger charge is -2.14. The van der Waals surface area contributed by atoms with Gasteiger partial charge in [0.15, 0.2) is 18.1 Å². The minimum Gasteiger partial charge on any atom is -0.490 e. The van der Waals surface area contributed by atoms with Crippen LogP contribution in [0.1, 0.15) is 18.1 Å². The van der Waals surface area contributed by atoms with E-state index in [0.29, 0.717) is 28.1 Å². The Morgan fingerprint density at radius 2 is 1.86 bits per heavy atom. The summed E-state index contributed by atoms with van der Waals surface area (Å²) < 4.78 is 16.1. The van der Waals surface area contributed by atoms with Gasteiger partial charge in [0.1, 0.15) is 12.2 Å². The number of ether oxygens (including phenoxy) is 3. The summed E-state index contributed by atoms with van der Waals surface area (Å²) in [5.41, 5.74) is 2.11. The second kappa shape index (κ2) is 11.5. The van der Waals surface area contributed by atoms with E-state index >= 15 is 0 Å². The van der Waals surface area contributed by atoms with Gasteiger partial charge in [0.05, 0.1) is 18.2 Å². The number of aryl methyl sites for hydroxylation is 1. The first-order valence-corrected chi connectivity index (χ1v) is 11.4. The molecule has 2 N–H and O–H groups in total. The van der Waals surface area contributed by atoms with E-state index in [2.05, 4.69) is 31.3 Å². The lowest BCUT2D eigenvalue weighted by molar-refractivity contribution is -0.143. The number of nitrogens with one attached hydrogen (secondary N) is 2. The van der Waals surface area contributed by atoms with Gasteiger partial charge in [-0.1, -0.05) is 17.7 Å². The third-order valence-electron chi connectivity index (χ3n) is 4.80. The van der Waals surface area contributed by atoms with Crippen molar-refractivity contribution in [2.75, 3.05) is 32.2 Å². The third-order valence-corrected chi connectivity index (χ3v) is 5.39. The number of urea groups is 1. The lowest BCUT2D eigenvalue weighted by atomic mass is 10.1. The average Bonchev–Trinajstić information content (AvgIpc) is 3.07. The monoisotopic (exact) mass is 545 g/mol. The zero-order valence-corrected chi connectivity index (χ0v) is 20.9. The van der Waals surface area contributed by atoms with Gasteiger partial charge in [0, 0.05) is 5.69 Å². The highest BCUT2D eigenvalue weighted by atomic mass is 79.9. The van der Waals surface area contributed by atoms with Gasteiger partial charge in [-0.3, -0.25) is 9.59 Å². The van der Waals surface area contributed by atoms with Gasteiger partial charge in [-0.25, -0.2) is 14.5 Å². The van der Waals surface area contributed by atoms with E-state index in [9.17, 15) is 19.2 Å². The first-order valence-electron chi connectivity index (χ1n) is 10.6. The van der Waals surface area contributed by atoms with E-state index in [0.717, 1.165) is 10.5 Å². The van der Waals surface area contributed by atoms with E-state index in [1.165, 1.54) is 13.2 Å². The molecule has 1 fully saturated rings. The predicted octanol–water partition coefficient (Wildman–Crippen LogP) is 3.24. The fourth-order valence-corrected chi connectivity index (χ4v) is 3.70. The van der Waals surface area contributed by atoms with Crippen molar-refractivity contribution in [1.29, 1.82) is 0 Å². The normalized spacial score (nSPS) is 14.1. The van der Waals surface area contributed by atoms with Crippen LogP contribution >= 0.6 is 15.9 Å². The number of carbonyl (C=O) groups is 4. The van der Waals surface area contributed by atoms with Gasteiger partial charge < -0.3 is 24.8 Å². The molecule has 0 radical (unpaired) electrons. The Morgan fingerprint density at radius 3 is 2.51 bits per heavy atom. The van der Waals surface area contributed by atoms with Crippen LogP contribution in [0, 0.1) is 6.92 Å². The molecule has 4 amide bonds. The van der Waals surface area contributed by atoms with E-state index in [4.69, 9.17) is 9.47 Å². The van der Waals surface area contributed by atoms with Gasteiger partial charge in [-0.05, 0) is 65.7 Å². The molecule has 11 heteroatoms. The predicted molar refractivity (Wildman–Crippen MR) is 131 cm³/mol. The molecule has 3 rings (SSSR count). The summed E-state index contributed by atoms with van der Waals surface area (Å²) in [6.45, 7) is 3.27. The molecule has 0 unspecified atom stereocenters. The lowest BCUT2D eigenvalue weighted by Crippen LogP contribution is -2.38. The summed E-state index contributed by atoms with van der Waals surface area (Å²) in [7, 11) is 1.25. The Kier molecular flexibility index (Phi) is 8.48. The number of imide groups is 1. The first-order chi connectivity index (χ1) is 16.7. The smallest absolute Gasteiger partial charge is 0.343 e. The number of esters is 1. The van der Waals surface area contributed by atoms with Gasteiger partial charge in [0.25, 0.3) is 5.91 Å². The fourth-order valence-electron chi connectivity index (χ4n) is 3.13. The number of hydrogen-bond donors (Lipinski definition) is 2. The summed E-state index contributed by atoms with van der Waals surface area (Å²) in [6, 6.07) is 9.67. The number of nitrogens with zero attached hydrogens (tertiary/aromatic N) is 1. The summed E-state index contributed by atoms with van der Waals surface area (Å²) >= 11 is 3.37. The maximum absolute atomic E-state index is 12.8. The highest BCUT2D eigenvalue weighted by Gasteiger charge is 2.35. The molecule has 0 aliphatic carbocycles. The van der Waals surface area contributed by atoms with Crippen LogP contribution in [0.15, 0.2) is 46.6 Å². The second-order valence-electron chi connectivity index (χ2n) is 7.42. The molecular formula is C24H24BrN3O7. The van der Waals surface area contributed by atoms with Crippen molar-refractivity contribution in [2.45, 2.75) is 13.8 Å². The van der Waals surface area contributed by atoms with Gasteiger partial charge in [-0.15, -0.1) is 0 Å². The molecule has 0 saturated carbocycles.